The molecule has 0 saturated heterocycles. The molecule has 46 heavy (non-hydrogen) atoms. The molecule has 0 bridgehead atoms. The largest absolute Gasteiger partial charge is 0.497 e. The van der Waals surface area contributed by atoms with E-state index in [1.165, 1.54) is 23.1 Å². The van der Waals surface area contributed by atoms with Crippen molar-refractivity contribution in [2.75, 3.05) is 24.4 Å². The minimum absolute atomic E-state index is 0.0639. The van der Waals surface area contributed by atoms with Crippen molar-refractivity contribution in [1.29, 1.82) is 0 Å². The quantitative estimate of drug-likeness (QED) is 0.0961. The molecule has 9 nitrogen and oxygen atoms in total. The van der Waals surface area contributed by atoms with Gasteiger partial charge in [-0.3, -0.25) is 14.4 Å². The number of hydrogen-bond acceptors (Lipinski definition) is 8. The van der Waals surface area contributed by atoms with Gasteiger partial charge in [-0.1, -0.05) is 47.7 Å². The van der Waals surface area contributed by atoms with E-state index in [0.29, 0.717) is 34.3 Å². The highest BCUT2D eigenvalue weighted by Crippen LogP contribution is 2.31. The lowest BCUT2D eigenvalue weighted by Gasteiger charge is -2.14. The van der Waals surface area contributed by atoms with Crippen LogP contribution < -0.4 is 25.4 Å². The van der Waals surface area contributed by atoms with Crippen LogP contribution in [-0.4, -0.2) is 41.7 Å². The first-order valence-electron chi connectivity index (χ1n) is 14.5. The molecule has 0 aliphatic rings. The summed E-state index contributed by atoms with van der Waals surface area (Å²) in [5, 5.41) is 8.58. The van der Waals surface area contributed by atoms with Crippen LogP contribution in [0.2, 0.25) is 0 Å². The molecule has 0 radical (unpaired) electrons. The highest BCUT2D eigenvalue weighted by atomic mass is 32.2. The Kier molecular flexibility index (Phi) is 10.7. The van der Waals surface area contributed by atoms with Crippen LogP contribution in [-0.2, 0) is 9.59 Å². The Morgan fingerprint density at radius 2 is 1.67 bits per heavy atom. The van der Waals surface area contributed by atoms with E-state index in [0.717, 1.165) is 20.9 Å². The second-order valence-electron chi connectivity index (χ2n) is 9.96. The van der Waals surface area contributed by atoms with Crippen LogP contribution >= 0.6 is 23.1 Å². The summed E-state index contributed by atoms with van der Waals surface area (Å²) in [5.74, 6) is 0.315. The molecule has 1 unspecified atom stereocenters. The molecule has 0 saturated carbocycles. The summed E-state index contributed by atoms with van der Waals surface area (Å²) in [4.78, 5) is 44.8. The van der Waals surface area contributed by atoms with Crippen molar-refractivity contribution in [2.24, 2.45) is 0 Å². The van der Waals surface area contributed by atoms with Crippen LogP contribution in [0.1, 0.15) is 29.8 Å². The fourth-order valence-electron chi connectivity index (χ4n) is 4.33. The number of benzene rings is 4. The number of ether oxygens (including phenoxy) is 2. The first kappa shape index (κ1) is 32.3. The molecule has 3 N–H and O–H groups in total. The third kappa shape index (κ3) is 8.52. The summed E-state index contributed by atoms with van der Waals surface area (Å²) in [5.41, 5.74) is 2.48. The fourth-order valence-corrected chi connectivity index (χ4v) is 6.16. The Balaban J connectivity index is 1.26. The van der Waals surface area contributed by atoms with Gasteiger partial charge in [-0.2, -0.15) is 0 Å². The summed E-state index contributed by atoms with van der Waals surface area (Å²) >= 11 is 2.73. The maximum absolute atomic E-state index is 13.5. The van der Waals surface area contributed by atoms with Crippen LogP contribution in [0.5, 0.6) is 11.5 Å². The lowest BCUT2D eigenvalue weighted by molar-refractivity contribution is -0.115. The van der Waals surface area contributed by atoms with Crippen molar-refractivity contribution in [2.45, 2.75) is 24.0 Å². The molecule has 1 heterocycles. The molecule has 1 atom stereocenters. The van der Waals surface area contributed by atoms with Gasteiger partial charge in [0.25, 0.3) is 11.8 Å². The Morgan fingerprint density at radius 1 is 0.913 bits per heavy atom. The second kappa shape index (κ2) is 15.2. The van der Waals surface area contributed by atoms with Gasteiger partial charge >= 0.3 is 0 Å². The highest BCUT2D eigenvalue weighted by Gasteiger charge is 2.19. The van der Waals surface area contributed by atoms with Crippen LogP contribution in [0.4, 0.5) is 10.8 Å². The second-order valence-corrected chi connectivity index (χ2v) is 12.4. The van der Waals surface area contributed by atoms with Crippen molar-refractivity contribution < 1.29 is 23.9 Å². The molecule has 5 aromatic rings. The topological polar surface area (TPSA) is 119 Å². The molecule has 3 amide bonds. The van der Waals surface area contributed by atoms with Crippen LogP contribution in [0.15, 0.2) is 108 Å². The van der Waals surface area contributed by atoms with Crippen LogP contribution in [0, 0.1) is 0 Å². The van der Waals surface area contributed by atoms with E-state index in [1.54, 1.807) is 86.8 Å². The third-order valence-corrected chi connectivity index (χ3v) is 8.66. The number of thioether (sulfide) groups is 1. The number of hydrogen-bond donors (Lipinski definition) is 3. The SMILES string of the molecule is CCOc1ccc2nc(NC(=O)C(C)Sc3cccc(NC(=O)/C(=C\c4ccc(OC)cc4)NC(=O)c4ccccc4)c3)sc2c1. The predicted octanol–water partition coefficient (Wildman–Crippen LogP) is 7.23. The number of anilines is 2. The first-order chi connectivity index (χ1) is 22.3. The maximum atomic E-state index is 13.5. The average molecular weight is 653 g/mol. The van der Waals surface area contributed by atoms with E-state index < -0.39 is 17.1 Å². The Bertz CT molecular complexity index is 1870. The zero-order chi connectivity index (χ0) is 32.5. The van der Waals surface area contributed by atoms with Crippen molar-refractivity contribution in [3.05, 3.63) is 114 Å². The van der Waals surface area contributed by atoms with Gasteiger partial charge in [0, 0.05) is 16.1 Å². The minimum atomic E-state index is -0.503. The molecular weight excluding hydrogens is 621 g/mol. The standard InChI is InChI=1S/C35H32N4O5S2/c1-4-44-27-17-18-29-31(21-27)46-35(38-29)39-32(40)22(2)45-28-12-8-11-25(20-28)36-34(42)30(19-23-13-15-26(43-3)16-14-23)37-33(41)24-9-6-5-7-10-24/h5-22H,4H2,1-3H3,(H,36,42)(H,37,41)(H,38,39,40)/b30-19+. The number of aromatic nitrogens is 1. The molecule has 234 valence electrons. The van der Waals surface area contributed by atoms with E-state index in [1.807, 2.05) is 37.3 Å². The smallest absolute Gasteiger partial charge is 0.272 e. The summed E-state index contributed by atoms with van der Waals surface area (Å²) < 4.78 is 11.7. The third-order valence-electron chi connectivity index (χ3n) is 6.63. The van der Waals surface area contributed by atoms with Crippen LogP contribution in [0.25, 0.3) is 16.3 Å². The van der Waals surface area contributed by atoms with Gasteiger partial charge in [-0.25, -0.2) is 4.98 Å². The number of rotatable bonds is 12. The zero-order valence-electron chi connectivity index (χ0n) is 25.4. The molecule has 0 aliphatic heterocycles. The van der Waals surface area contributed by atoms with Crippen molar-refractivity contribution in [3.8, 4) is 11.5 Å². The number of methoxy groups -OCH3 is 1. The zero-order valence-corrected chi connectivity index (χ0v) is 27.0. The van der Waals surface area contributed by atoms with E-state index >= 15 is 0 Å². The Morgan fingerprint density at radius 3 is 2.41 bits per heavy atom. The van der Waals surface area contributed by atoms with Crippen molar-refractivity contribution in [1.82, 2.24) is 10.3 Å². The van der Waals surface area contributed by atoms with E-state index in [9.17, 15) is 14.4 Å². The van der Waals surface area contributed by atoms with E-state index in [4.69, 9.17) is 9.47 Å². The van der Waals surface area contributed by atoms with Crippen LogP contribution in [0.3, 0.4) is 0 Å². The fraction of sp³-hybridized carbons (Fsp3) is 0.143. The van der Waals surface area contributed by atoms with Gasteiger partial charge in [-0.15, -0.1) is 11.8 Å². The summed E-state index contributed by atoms with van der Waals surface area (Å²) in [7, 11) is 1.57. The summed E-state index contributed by atoms with van der Waals surface area (Å²) in [6, 6.07) is 28.6. The van der Waals surface area contributed by atoms with Gasteiger partial charge in [0.05, 0.1) is 29.2 Å². The van der Waals surface area contributed by atoms with Gasteiger partial charge < -0.3 is 25.4 Å². The average Bonchev–Trinajstić information content (AvgIpc) is 3.47. The monoisotopic (exact) mass is 652 g/mol. The number of nitrogens with one attached hydrogen (secondary N) is 3. The lowest BCUT2D eigenvalue weighted by Crippen LogP contribution is -2.30. The van der Waals surface area contributed by atoms with Crippen molar-refractivity contribution in [3.63, 3.8) is 0 Å². The molecule has 5 rings (SSSR count). The van der Waals surface area contributed by atoms with E-state index in [2.05, 4.69) is 20.9 Å². The van der Waals surface area contributed by atoms with Gasteiger partial charge in [0.1, 0.15) is 17.2 Å². The minimum Gasteiger partial charge on any atom is -0.497 e. The van der Waals surface area contributed by atoms with E-state index in [-0.39, 0.29) is 11.6 Å². The Hall–Kier alpha value is -5.13. The lowest BCUT2D eigenvalue weighted by atomic mass is 10.1. The molecular formula is C35H32N4O5S2. The molecule has 1 aromatic heterocycles. The molecule has 0 spiro atoms. The maximum Gasteiger partial charge on any atom is 0.272 e. The number of nitrogens with zero attached hydrogens (tertiary/aromatic N) is 1. The predicted molar refractivity (Wildman–Crippen MR) is 185 cm³/mol. The van der Waals surface area contributed by atoms with Gasteiger partial charge in [0.2, 0.25) is 5.91 Å². The number of amides is 3. The summed E-state index contributed by atoms with van der Waals surface area (Å²) in [6.07, 6.45) is 1.60. The number of thiazole rings is 1. The number of carbonyl (C=O) groups is 3. The molecule has 4 aromatic carbocycles. The molecule has 11 heteroatoms. The molecule has 0 fully saturated rings. The highest BCUT2D eigenvalue weighted by molar-refractivity contribution is 8.00. The molecule has 0 aliphatic carbocycles. The first-order valence-corrected chi connectivity index (χ1v) is 16.2. The van der Waals surface area contributed by atoms with Crippen molar-refractivity contribution >= 4 is 67.9 Å². The summed E-state index contributed by atoms with van der Waals surface area (Å²) in [6.45, 7) is 4.30. The normalized spacial score (nSPS) is 11.8. The number of fused-ring (bicyclic) bond motifs is 1. The number of carbonyl (C=O) groups excluding carboxylic acids is 3. The Labute approximate surface area is 275 Å². The van der Waals surface area contributed by atoms with Gasteiger partial charge in [0.15, 0.2) is 5.13 Å². The van der Waals surface area contributed by atoms with Gasteiger partial charge in [-0.05, 0) is 86.2 Å².